The highest BCUT2D eigenvalue weighted by atomic mass is 32.1. The molecule has 1 atom stereocenters. The first kappa shape index (κ1) is 14.1. The second kappa shape index (κ2) is 6.74. The van der Waals surface area contributed by atoms with Crippen LogP contribution in [0.1, 0.15) is 21.7 Å². The highest BCUT2D eigenvalue weighted by molar-refractivity contribution is 7.09. The molecule has 1 unspecified atom stereocenters. The topological polar surface area (TPSA) is 50.4 Å². The standard InChI is InChI=1S/C16H18N2O2S/c19-16(18-13-6-7-17-10-13)12-3-1-4-14(9-12)20-11-15-5-2-8-21-15/h1-5,8-9,13,17H,6-7,10-11H2,(H,18,19). The zero-order valence-electron chi connectivity index (χ0n) is 11.7. The predicted octanol–water partition coefficient (Wildman–Crippen LogP) is 2.42. The molecule has 2 heterocycles. The molecule has 0 bridgehead atoms. The Hall–Kier alpha value is -1.85. The van der Waals surface area contributed by atoms with E-state index < -0.39 is 0 Å². The molecule has 0 aliphatic carbocycles. The maximum absolute atomic E-state index is 12.2. The summed E-state index contributed by atoms with van der Waals surface area (Å²) in [5.74, 6) is 0.686. The van der Waals surface area contributed by atoms with Crippen LogP contribution in [0, 0.1) is 0 Å². The second-order valence-electron chi connectivity index (χ2n) is 5.06. The fourth-order valence-corrected chi connectivity index (χ4v) is 2.94. The van der Waals surface area contributed by atoms with Crippen LogP contribution in [0.25, 0.3) is 0 Å². The highest BCUT2D eigenvalue weighted by Crippen LogP contribution is 2.17. The highest BCUT2D eigenvalue weighted by Gasteiger charge is 2.17. The molecule has 1 aromatic heterocycles. The first-order chi connectivity index (χ1) is 10.3. The van der Waals surface area contributed by atoms with Crippen LogP contribution in [0.3, 0.4) is 0 Å². The van der Waals surface area contributed by atoms with Gasteiger partial charge in [-0.2, -0.15) is 0 Å². The van der Waals surface area contributed by atoms with Crippen molar-refractivity contribution in [1.29, 1.82) is 0 Å². The lowest BCUT2D eigenvalue weighted by atomic mass is 10.1. The lowest BCUT2D eigenvalue weighted by Crippen LogP contribution is -2.36. The van der Waals surface area contributed by atoms with Gasteiger partial charge in [0.05, 0.1) is 0 Å². The molecule has 1 saturated heterocycles. The maximum Gasteiger partial charge on any atom is 0.251 e. The Morgan fingerprint density at radius 3 is 3.10 bits per heavy atom. The molecular formula is C16H18N2O2S. The fourth-order valence-electron chi connectivity index (χ4n) is 2.32. The summed E-state index contributed by atoms with van der Waals surface area (Å²) in [6.45, 7) is 2.35. The molecule has 5 heteroatoms. The number of carbonyl (C=O) groups is 1. The summed E-state index contributed by atoms with van der Waals surface area (Å²) in [5, 5.41) is 8.30. The summed E-state index contributed by atoms with van der Waals surface area (Å²) in [4.78, 5) is 13.4. The van der Waals surface area contributed by atoms with Gasteiger partial charge in [0.2, 0.25) is 0 Å². The van der Waals surface area contributed by atoms with Crippen molar-refractivity contribution >= 4 is 17.2 Å². The van der Waals surface area contributed by atoms with Crippen molar-refractivity contribution < 1.29 is 9.53 Å². The van der Waals surface area contributed by atoms with Crippen LogP contribution in [0.5, 0.6) is 5.75 Å². The molecule has 3 rings (SSSR count). The first-order valence-electron chi connectivity index (χ1n) is 7.08. The van der Waals surface area contributed by atoms with Crippen LogP contribution in [-0.2, 0) is 6.61 Å². The Morgan fingerprint density at radius 1 is 1.38 bits per heavy atom. The molecule has 1 amide bonds. The molecule has 110 valence electrons. The third-order valence-corrected chi connectivity index (χ3v) is 4.30. The minimum absolute atomic E-state index is 0.0368. The number of hydrogen-bond acceptors (Lipinski definition) is 4. The fraction of sp³-hybridized carbons (Fsp3) is 0.312. The maximum atomic E-state index is 12.2. The summed E-state index contributed by atoms with van der Waals surface area (Å²) >= 11 is 1.66. The van der Waals surface area contributed by atoms with Gasteiger partial charge in [-0.25, -0.2) is 0 Å². The Morgan fingerprint density at radius 2 is 2.33 bits per heavy atom. The monoisotopic (exact) mass is 302 g/mol. The van der Waals surface area contributed by atoms with E-state index in [0.717, 1.165) is 25.3 Å². The van der Waals surface area contributed by atoms with E-state index in [9.17, 15) is 4.79 Å². The van der Waals surface area contributed by atoms with Crippen LogP contribution in [0.15, 0.2) is 41.8 Å². The van der Waals surface area contributed by atoms with Crippen molar-refractivity contribution in [3.8, 4) is 5.75 Å². The molecule has 1 fully saturated rings. The lowest BCUT2D eigenvalue weighted by Gasteiger charge is -2.12. The molecular weight excluding hydrogens is 284 g/mol. The zero-order chi connectivity index (χ0) is 14.5. The van der Waals surface area contributed by atoms with Gasteiger partial charge in [0, 0.05) is 23.0 Å². The third-order valence-electron chi connectivity index (χ3n) is 3.45. The second-order valence-corrected chi connectivity index (χ2v) is 6.09. The molecule has 0 saturated carbocycles. The quantitative estimate of drug-likeness (QED) is 0.892. The Labute approximate surface area is 128 Å². The number of hydrogen-bond donors (Lipinski definition) is 2. The van der Waals surface area contributed by atoms with E-state index in [0.29, 0.717) is 12.2 Å². The van der Waals surface area contributed by atoms with Crippen molar-refractivity contribution in [1.82, 2.24) is 10.6 Å². The average Bonchev–Trinajstić information content (AvgIpc) is 3.19. The minimum atomic E-state index is -0.0368. The molecule has 1 aromatic carbocycles. The van der Waals surface area contributed by atoms with E-state index in [4.69, 9.17) is 4.74 Å². The van der Waals surface area contributed by atoms with Crippen LogP contribution >= 0.6 is 11.3 Å². The van der Waals surface area contributed by atoms with Gasteiger partial charge >= 0.3 is 0 Å². The van der Waals surface area contributed by atoms with E-state index in [-0.39, 0.29) is 11.9 Å². The number of amides is 1. The molecule has 4 nitrogen and oxygen atoms in total. The molecule has 0 spiro atoms. The van der Waals surface area contributed by atoms with Gasteiger partial charge in [-0.1, -0.05) is 12.1 Å². The number of nitrogens with one attached hydrogen (secondary N) is 2. The Balaban J connectivity index is 1.60. The summed E-state index contributed by atoms with van der Waals surface area (Å²) in [7, 11) is 0. The average molecular weight is 302 g/mol. The SMILES string of the molecule is O=C(NC1CCNC1)c1cccc(OCc2cccs2)c1. The number of carbonyl (C=O) groups excluding carboxylic acids is 1. The van der Waals surface area contributed by atoms with E-state index in [2.05, 4.69) is 10.6 Å². The van der Waals surface area contributed by atoms with Crippen molar-refractivity contribution in [2.45, 2.75) is 19.1 Å². The van der Waals surface area contributed by atoms with Gasteiger partial charge in [0.15, 0.2) is 0 Å². The van der Waals surface area contributed by atoms with E-state index in [1.54, 1.807) is 17.4 Å². The van der Waals surface area contributed by atoms with Crippen LogP contribution in [0.4, 0.5) is 0 Å². The molecule has 2 aromatic rings. The van der Waals surface area contributed by atoms with Crippen LogP contribution in [0.2, 0.25) is 0 Å². The summed E-state index contributed by atoms with van der Waals surface area (Å²) in [5.41, 5.74) is 0.644. The van der Waals surface area contributed by atoms with Crippen molar-refractivity contribution in [3.05, 3.63) is 52.2 Å². The van der Waals surface area contributed by atoms with E-state index >= 15 is 0 Å². The summed E-state index contributed by atoms with van der Waals surface area (Å²) < 4.78 is 5.73. The number of rotatable bonds is 5. The Kier molecular flexibility index (Phi) is 4.52. The van der Waals surface area contributed by atoms with Gasteiger partial charge in [0.25, 0.3) is 5.91 Å². The lowest BCUT2D eigenvalue weighted by molar-refractivity contribution is 0.0939. The van der Waals surface area contributed by atoms with Crippen molar-refractivity contribution in [2.24, 2.45) is 0 Å². The molecule has 1 aliphatic heterocycles. The van der Waals surface area contributed by atoms with Crippen molar-refractivity contribution in [3.63, 3.8) is 0 Å². The van der Waals surface area contributed by atoms with Crippen LogP contribution in [-0.4, -0.2) is 25.0 Å². The van der Waals surface area contributed by atoms with Gasteiger partial charge in [-0.05, 0) is 42.6 Å². The molecule has 2 N–H and O–H groups in total. The number of benzene rings is 1. The number of ether oxygens (including phenoxy) is 1. The van der Waals surface area contributed by atoms with Gasteiger partial charge in [0.1, 0.15) is 12.4 Å². The third kappa shape index (κ3) is 3.83. The first-order valence-corrected chi connectivity index (χ1v) is 7.96. The van der Waals surface area contributed by atoms with Gasteiger partial charge < -0.3 is 15.4 Å². The minimum Gasteiger partial charge on any atom is -0.488 e. The van der Waals surface area contributed by atoms with E-state index in [1.807, 2.05) is 35.7 Å². The molecule has 1 aliphatic rings. The zero-order valence-corrected chi connectivity index (χ0v) is 12.5. The predicted molar refractivity (Wildman–Crippen MR) is 83.8 cm³/mol. The van der Waals surface area contributed by atoms with E-state index in [1.165, 1.54) is 4.88 Å². The number of thiophene rings is 1. The molecule has 0 radical (unpaired) electrons. The van der Waals surface area contributed by atoms with Gasteiger partial charge in [-0.3, -0.25) is 4.79 Å². The smallest absolute Gasteiger partial charge is 0.251 e. The Bertz CT molecular complexity index is 592. The van der Waals surface area contributed by atoms with Crippen molar-refractivity contribution in [2.75, 3.05) is 13.1 Å². The summed E-state index contributed by atoms with van der Waals surface area (Å²) in [6, 6.07) is 11.6. The van der Waals surface area contributed by atoms with Gasteiger partial charge in [-0.15, -0.1) is 11.3 Å². The normalized spacial score (nSPS) is 17.6. The molecule has 21 heavy (non-hydrogen) atoms. The van der Waals surface area contributed by atoms with Crippen LogP contribution < -0.4 is 15.4 Å². The largest absolute Gasteiger partial charge is 0.488 e. The summed E-state index contributed by atoms with van der Waals surface area (Å²) in [6.07, 6.45) is 0.986.